The maximum atomic E-state index is 10.5. The lowest BCUT2D eigenvalue weighted by atomic mass is 9.71. The van der Waals surface area contributed by atoms with E-state index >= 15 is 0 Å². The van der Waals surface area contributed by atoms with Crippen LogP contribution < -0.4 is 0 Å². The molecule has 2 saturated carbocycles. The molecule has 0 bridgehead atoms. The molecule has 0 aromatic heterocycles. The zero-order valence-electron chi connectivity index (χ0n) is 13.4. The van der Waals surface area contributed by atoms with E-state index < -0.39 is 0 Å². The van der Waals surface area contributed by atoms with E-state index in [9.17, 15) is 5.11 Å². The summed E-state index contributed by atoms with van der Waals surface area (Å²) < 4.78 is 6.34. The first-order chi connectivity index (χ1) is 8.70. The largest absolute Gasteiger partial charge is 0.390 e. The lowest BCUT2D eigenvalue weighted by Gasteiger charge is -2.45. The van der Waals surface area contributed by atoms with Crippen LogP contribution in [0.25, 0.3) is 0 Å². The van der Waals surface area contributed by atoms with Crippen LogP contribution in [0.4, 0.5) is 0 Å². The molecule has 112 valence electrons. The van der Waals surface area contributed by atoms with Crippen molar-refractivity contribution in [1.82, 2.24) is 0 Å². The van der Waals surface area contributed by atoms with Crippen LogP contribution >= 0.6 is 0 Å². The Labute approximate surface area is 118 Å². The third-order valence-corrected chi connectivity index (χ3v) is 5.18. The Hall–Kier alpha value is -0.0800. The molecule has 2 rings (SSSR count). The predicted octanol–water partition coefficient (Wildman–Crippen LogP) is 4.16. The smallest absolute Gasteiger partial charge is 0.0852 e. The number of aliphatic hydroxyl groups is 1. The maximum Gasteiger partial charge on any atom is 0.0852 e. The van der Waals surface area contributed by atoms with Crippen LogP contribution in [0, 0.1) is 16.7 Å². The summed E-state index contributed by atoms with van der Waals surface area (Å²) in [5.74, 6) is 0.738. The molecular weight excluding hydrogens is 236 g/mol. The van der Waals surface area contributed by atoms with Crippen molar-refractivity contribution < 1.29 is 9.84 Å². The molecule has 19 heavy (non-hydrogen) atoms. The molecule has 2 aliphatic carbocycles. The van der Waals surface area contributed by atoms with Crippen molar-refractivity contribution in [3.05, 3.63) is 0 Å². The molecule has 0 aromatic rings. The second-order valence-corrected chi connectivity index (χ2v) is 8.54. The van der Waals surface area contributed by atoms with Crippen LogP contribution in [0.3, 0.4) is 0 Å². The van der Waals surface area contributed by atoms with Crippen molar-refractivity contribution in [2.45, 2.75) is 91.5 Å². The average Bonchev–Trinajstić information content (AvgIpc) is 2.21. The van der Waals surface area contributed by atoms with Gasteiger partial charge in [0.1, 0.15) is 0 Å². The Kier molecular flexibility index (Phi) is 4.32. The molecule has 0 heterocycles. The minimum atomic E-state index is -0.304. The number of ether oxygens (including phenoxy) is 1. The minimum absolute atomic E-state index is 0.0126. The Morgan fingerprint density at radius 1 is 1.11 bits per heavy atom. The van der Waals surface area contributed by atoms with Crippen molar-refractivity contribution in [2.24, 2.45) is 16.7 Å². The Morgan fingerprint density at radius 3 is 2.42 bits per heavy atom. The van der Waals surface area contributed by atoms with Crippen LogP contribution in [0.5, 0.6) is 0 Å². The molecular formula is C17H32O2. The van der Waals surface area contributed by atoms with Gasteiger partial charge < -0.3 is 9.84 Å². The van der Waals surface area contributed by atoms with Gasteiger partial charge in [-0.15, -0.1) is 0 Å². The van der Waals surface area contributed by atoms with E-state index in [4.69, 9.17) is 4.74 Å². The minimum Gasteiger partial charge on any atom is -0.390 e. The van der Waals surface area contributed by atoms with Gasteiger partial charge in [-0.2, -0.15) is 0 Å². The fraction of sp³-hybridized carbons (Fsp3) is 1.00. The molecule has 0 amide bonds. The topological polar surface area (TPSA) is 29.5 Å². The molecule has 4 atom stereocenters. The van der Waals surface area contributed by atoms with Gasteiger partial charge in [0, 0.05) is 0 Å². The Morgan fingerprint density at radius 2 is 1.79 bits per heavy atom. The van der Waals surface area contributed by atoms with Crippen LogP contribution in [0.2, 0.25) is 0 Å². The molecule has 2 heteroatoms. The third-order valence-electron chi connectivity index (χ3n) is 5.18. The molecule has 1 N–H and O–H groups in total. The van der Waals surface area contributed by atoms with E-state index in [2.05, 4.69) is 34.6 Å². The number of hydrogen-bond donors (Lipinski definition) is 1. The number of hydrogen-bond acceptors (Lipinski definition) is 2. The van der Waals surface area contributed by atoms with Gasteiger partial charge in [-0.25, -0.2) is 0 Å². The van der Waals surface area contributed by atoms with Gasteiger partial charge in [0.2, 0.25) is 0 Å². The highest BCUT2D eigenvalue weighted by Crippen LogP contribution is 2.42. The van der Waals surface area contributed by atoms with Gasteiger partial charge >= 0.3 is 0 Å². The van der Waals surface area contributed by atoms with Crippen molar-refractivity contribution in [3.8, 4) is 0 Å². The van der Waals surface area contributed by atoms with E-state index in [-0.39, 0.29) is 17.6 Å². The fourth-order valence-electron chi connectivity index (χ4n) is 4.32. The standard InChI is InChI=1S/C17H32O2/c1-12-9-13(11-16(2,3)10-12)19-14-7-6-8-17(4,5)15(14)18/h12-15,18H,6-11H2,1-5H3. The van der Waals surface area contributed by atoms with E-state index in [1.165, 1.54) is 12.8 Å². The second kappa shape index (κ2) is 5.37. The van der Waals surface area contributed by atoms with Gasteiger partial charge in [0.15, 0.2) is 0 Å². The first-order valence-electron chi connectivity index (χ1n) is 8.03. The van der Waals surface area contributed by atoms with E-state index in [1.54, 1.807) is 0 Å². The number of aliphatic hydroxyl groups excluding tert-OH is 1. The summed E-state index contributed by atoms with van der Waals surface area (Å²) >= 11 is 0. The molecule has 2 aliphatic rings. The van der Waals surface area contributed by atoms with Crippen LogP contribution in [0.1, 0.15) is 73.1 Å². The van der Waals surface area contributed by atoms with Gasteiger partial charge in [-0.05, 0) is 48.9 Å². The highest BCUT2D eigenvalue weighted by Gasteiger charge is 2.41. The highest BCUT2D eigenvalue weighted by atomic mass is 16.5. The fourth-order valence-corrected chi connectivity index (χ4v) is 4.32. The van der Waals surface area contributed by atoms with E-state index in [0.29, 0.717) is 11.5 Å². The summed E-state index contributed by atoms with van der Waals surface area (Å²) in [4.78, 5) is 0. The summed E-state index contributed by atoms with van der Waals surface area (Å²) in [5.41, 5.74) is 0.399. The summed E-state index contributed by atoms with van der Waals surface area (Å²) in [6, 6.07) is 0. The van der Waals surface area contributed by atoms with Gasteiger partial charge in [-0.1, -0.05) is 41.0 Å². The summed E-state index contributed by atoms with van der Waals surface area (Å²) in [7, 11) is 0. The molecule has 0 radical (unpaired) electrons. The molecule has 0 aliphatic heterocycles. The van der Waals surface area contributed by atoms with E-state index in [0.717, 1.165) is 31.6 Å². The highest BCUT2D eigenvalue weighted by molar-refractivity contribution is 4.91. The monoisotopic (exact) mass is 268 g/mol. The zero-order valence-corrected chi connectivity index (χ0v) is 13.4. The van der Waals surface area contributed by atoms with Crippen molar-refractivity contribution in [2.75, 3.05) is 0 Å². The lowest BCUT2D eigenvalue weighted by molar-refractivity contribution is -0.153. The SMILES string of the molecule is CC1CC(OC2CCCC(C)(C)C2O)CC(C)(C)C1. The Balaban J connectivity index is 1.97. The van der Waals surface area contributed by atoms with Crippen molar-refractivity contribution in [3.63, 3.8) is 0 Å². The van der Waals surface area contributed by atoms with Gasteiger partial charge in [0.05, 0.1) is 18.3 Å². The summed E-state index contributed by atoms with van der Waals surface area (Å²) in [6.45, 7) is 11.4. The first-order valence-corrected chi connectivity index (χ1v) is 8.03. The van der Waals surface area contributed by atoms with Crippen LogP contribution in [-0.4, -0.2) is 23.4 Å². The molecule has 0 saturated heterocycles. The van der Waals surface area contributed by atoms with Crippen molar-refractivity contribution >= 4 is 0 Å². The molecule has 0 spiro atoms. The third kappa shape index (κ3) is 3.72. The van der Waals surface area contributed by atoms with Crippen molar-refractivity contribution in [1.29, 1.82) is 0 Å². The lowest BCUT2D eigenvalue weighted by Crippen LogP contribution is -2.47. The first kappa shape index (κ1) is 15.3. The van der Waals surface area contributed by atoms with Gasteiger partial charge in [-0.3, -0.25) is 0 Å². The molecule has 2 fully saturated rings. The number of rotatable bonds is 2. The average molecular weight is 268 g/mol. The van der Waals surface area contributed by atoms with E-state index in [1.807, 2.05) is 0 Å². The zero-order chi connectivity index (χ0) is 14.3. The summed E-state index contributed by atoms with van der Waals surface area (Å²) in [6.07, 6.45) is 7.00. The molecule has 0 aromatic carbocycles. The Bertz CT molecular complexity index is 308. The quantitative estimate of drug-likeness (QED) is 0.815. The van der Waals surface area contributed by atoms with Crippen LogP contribution in [-0.2, 0) is 4.74 Å². The molecule has 2 nitrogen and oxygen atoms in total. The normalized spacial score (nSPS) is 42.0. The maximum absolute atomic E-state index is 10.5. The van der Waals surface area contributed by atoms with Crippen LogP contribution in [0.15, 0.2) is 0 Å². The summed E-state index contributed by atoms with van der Waals surface area (Å²) in [5, 5.41) is 10.5. The second-order valence-electron chi connectivity index (χ2n) is 8.54. The predicted molar refractivity (Wildman–Crippen MR) is 79.1 cm³/mol. The molecule has 4 unspecified atom stereocenters. The van der Waals surface area contributed by atoms with Gasteiger partial charge in [0.25, 0.3) is 0 Å².